The lowest BCUT2D eigenvalue weighted by atomic mass is 9.85. The third-order valence-corrected chi connectivity index (χ3v) is 12.3. The molecule has 282 valence electrons. The lowest BCUT2D eigenvalue weighted by Gasteiger charge is -2.26. The van der Waals surface area contributed by atoms with Crippen LogP contribution in [0.2, 0.25) is 0 Å². The summed E-state index contributed by atoms with van der Waals surface area (Å²) in [6, 6.07) is 58.2. The maximum absolute atomic E-state index is 7.03. The first-order valence-corrected chi connectivity index (χ1v) is 20.6. The van der Waals surface area contributed by atoms with Crippen molar-refractivity contribution in [2.75, 3.05) is 4.90 Å². The highest BCUT2D eigenvalue weighted by molar-refractivity contribution is 6.24. The molecule has 1 aliphatic carbocycles. The second-order valence-corrected chi connectivity index (χ2v) is 16.0. The van der Waals surface area contributed by atoms with E-state index in [1.54, 1.807) is 0 Å². The molecule has 12 rings (SSSR count). The van der Waals surface area contributed by atoms with Crippen molar-refractivity contribution < 1.29 is 13.3 Å². The SMILES string of the molecule is CC(C)c1c(-c2ccc(N(c3ccccc3)c3cccc4oc5ccccc5c34)cc2)c2oc3ccc(C4=CCCc5c4oc4ccccc54)cc3c2c2ccccc12. The number of nitrogens with zero attached hydrogens (tertiary/aromatic N) is 1. The molecule has 4 nitrogen and oxygen atoms in total. The van der Waals surface area contributed by atoms with E-state index in [1.165, 1.54) is 27.3 Å². The number of hydrogen-bond acceptors (Lipinski definition) is 4. The monoisotopic (exact) mass is 761 g/mol. The summed E-state index contributed by atoms with van der Waals surface area (Å²) in [4.78, 5) is 2.34. The summed E-state index contributed by atoms with van der Waals surface area (Å²) in [6.07, 6.45) is 4.30. The van der Waals surface area contributed by atoms with E-state index < -0.39 is 0 Å². The Kier molecular flexibility index (Phi) is 7.52. The average Bonchev–Trinajstić information content (AvgIpc) is 3.98. The van der Waals surface area contributed by atoms with Gasteiger partial charge >= 0.3 is 0 Å². The first-order chi connectivity index (χ1) is 29.1. The van der Waals surface area contributed by atoms with E-state index in [9.17, 15) is 0 Å². The number of hydrogen-bond donors (Lipinski definition) is 0. The fraction of sp³-hybridized carbons (Fsp3) is 0.0909. The third kappa shape index (κ3) is 5.16. The maximum atomic E-state index is 7.03. The van der Waals surface area contributed by atoms with Crippen LogP contribution in [0.3, 0.4) is 0 Å². The normalized spacial score (nSPS) is 13.0. The van der Waals surface area contributed by atoms with E-state index in [4.69, 9.17) is 13.3 Å². The maximum Gasteiger partial charge on any atom is 0.144 e. The molecular formula is C55H39NO3. The number of fused-ring (bicyclic) bond motifs is 11. The fourth-order valence-corrected chi connectivity index (χ4v) is 9.78. The Balaban J connectivity index is 1.05. The Morgan fingerprint density at radius 1 is 0.492 bits per heavy atom. The highest BCUT2D eigenvalue weighted by atomic mass is 16.3. The number of para-hydroxylation sites is 3. The zero-order valence-electron chi connectivity index (χ0n) is 32.8. The number of rotatable bonds is 6. The molecule has 0 saturated carbocycles. The van der Waals surface area contributed by atoms with Gasteiger partial charge in [0.05, 0.1) is 11.1 Å². The summed E-state index contributed by atoms with van der Waals surface area (Å²) in [5.74, 6) is 1.23. The Bertz CT molecular complexity index is 3470. The minimum absolute atomic E-state index is 0.245. The van der Waals surface area contributed by atoms with Crippen molar-refractivity contribution in [2.45, 2.75) is 32.6 Å². The van der Waals surface area contributed by atoms with Crippen molar-refractivity contribution in [2.24, 2.45) is 0 Å². The predicted octanol–water partition coefficient (Wildman–Crippen LogP) is 16.0. The summed E-state index contributed by atoms with van der Waals surface area (Å²) in [6.45, 7) is 4.58. The van der Waals surface area contributed by atoms with Gasteiger partial charge in [0.25, 0.3) is 0 Å². The Morgan fingerprint density at radius 2 is 1.14 bits per heavy atom. The molecule has 0 amide bonds. The molecule has 0 aliphatic heterocycles. The predicted molar refractivity (Wildman–Crippen MR) is 244 cm³/mol. The molecule has 59 heavy (non-hydrogen) atoms. The van der Waals surface area contributed by atoms with Crippen LogP contribution in [0, 0.1) is 0 Å². The summed E-state index contributed by atoms with van der Waals surface area (Å²) in [7, 11) is 0. The van der Waals surface area contributed by atoms with Crippen LogP contribution >= 0.6 is 0 Å². The van der Waals surface area contributed by atoms with E-state index in [-0.39, 0.29) is 5.92 Å². The average molecular weight is 762 g/mol. The summed E-state index contributed by atoms with van der Waals surface area (Å²) >= 11 is 0. The molecule has 0 atom stereocenters. The second kappa shape index (κ2) is 13.1. The number of furan rings is 3. The summed E-state index contributed by atoms with van der Waals surface area (Å²) < 4.78 is 19.9. The van der Waals surface area contributed by atoms with Crippen LogP contribution in [0.25, 0.3) is 82.3 Å². The molecule has 0 unspecified atom stereocenters. The van der Waals surface area contributed by atoms with E-state index in [0.717, 1.165) is 107 Å². The second-order valence-electron chi connectivity index (χ2n) is 16.0. The van der Waals surface area contributed by atoms with Crippen molar-refractivity contribution in [3.05, 3.63) is 192 Å². The molecule has 8 aromatic carbocycles. The van der Waals surface area contributed by atoms with Gasteiger partial charge in [-0.2, -0.15) is 0 Å². The lowest BCUT2D eigenvalue weighted by Crippen LogP contribution is -2.10. The van der Waals surface area contributed by atoms with Crippen molar-refractivity contribution in [3.63, 3.8) is 0 Å². The van der Waals surface area contributed by atoms with Gasteiger partial charge in [-0.05, 0) is 107 Å². The van der Waals surface area contributed by atoms with E-state index in [2.05, 4.69) is 176 Å². The van der Waals surface area contributed by atoms with Crippen LogP contribution in [0.4, 0.5) is 17.1 Å². The summed E-state index contributed by atoms with van der Waals surface area (Å²) in [5.41, 5.74) is 14.8. The van der Waals surface area contributed by atoms with Gasteiger partial charge in [-0.25, -0.2) is 0 Å². The van der Waals surface area contributed by atoms with Crippen molar-refractivity contribution in [1.29, 1.82) is 0 Å². The van der Waals surface area contributed by atoms with Gasteiger partial charge < -0.3 is 18.2 Å². The molecule has 11 aromatic rings. The Hall–Kier alpha value is -7.30. The van der Waals surface area contributed by atoms with Gasteiger partial charge in [-0.3, -0.25) is 0 Å². The van der Waals surface area contributed by atoms with Gasteiger partial charge in [0.15, 0.2) is 0 Å². The minimum Gasteiger partial charge on any atom is -0.456 e. The van der Waals surface area contributed by atoms with Gasteiger partial charge in [0.1, 0.15) is 33.7 Å². The van der Waals surface area contributed by atoms with E-state index in [0.29, 0.717) is 0 Å². The molecule has 0 N–H and O–H groups in total. The minimum atomic E-state index is 0.245. The topological polar surface area (TPSA) is 42.7 Å². The molecule has 0 saturated heterocycles. The van der Waals surface area contributed by atoms with Crippen molar-refractivity contribution >= 4 is 88.3 Å². The van der Waals surface area contributed by atoms with Crippen molar-refractivity contribution in [1.82, 2.24) is 0 Å². The highest BCUT2D eigenvalue weighted by Crippen LogP contribution is 2.49. The van der Waals surface area contributed by atoms with Crippen LogP contribution < -0.4 is 4.90 Å². The molecule has 3 heterocycles. The molecule has 0 fully saturated rings. The van der Waals surface area contributed by atoms with Gasteiger partial charge in [0, 0.05) is 49.6 Å². The zero-order valence-corrected chi connectivity index (χ0v) is 32.8. The van der Waals surface area contributed by atoms with E-state index in [1.807, 2.05) is 12.1 Å². The van der Waals surface area contributed by atoms with Crippen LogP contribution in [0.15, 0.2) is 183 Å². The molecule has 1 aliphatic rings. The van der Waals surface area contributed by atoms with Gasteiger partial charge in [-0.15, -0.1) is 0 Å². The first-order valence-electron chi connectivity index (χ1n) is 20.6. The number of anilines is 3. The van der Waals surface area contributed by atoms with Crippen LogP contribution in [0.5, 0.6) is 0 Å². The first kappa shape index (κ1) is 33.8. The molecule has 0 bridgehead atoms. The van der Waals surface area contributed by atoms with Crippen LogP contribution in [0.1, 0.15) is 48.6 Å². The van der Waals surface area contributed by atoms with Crippen molar-refractivity contribution in [3.8, 4) is 11.1 Å². The van der Waals surface area contributed by atoms with Crippen LogP contribution in [-0.4, -0.2) is 0 Å². The molecule has 0 radical (unpaired) electrons. The quantitative estimate of drug-likeness (QED) is 0.169. The lowest BCUT2D eigenvalue weighted by molar-refractivity contribution is 0.591. The van der Waals surface area contributed by atoms with Gasteiger partial charge in [-0.1, -0.05) is 123 Å². The molecule has 3 aromatic heterocycles. The molecule has 4 heteroatoms. The smallest absolute Gasteiger partial charge is 0.144 e. The highest BCUT2D eigenvalue weighted by Gasteiger charge is 2.26. The largest absolute Gasteiger partial charge is 0.456 e. The summed E-state index contributed by atoms with van der Waals surface area (Å²) in [5, 5.41) is 8.12. The number of aryl methyl sites for hydroxylation is 1. The van der Waals surface area contributed by atoms with Gasteiger partial charge in [0.2, 0.25) is 0 Å². The molecular weight excluding hydrogens is 723 g/mol. The van der Waals surface area contributed by atoms with Crippen LogP contribution in [-0.2, 0) is 6.42 Å². The fourth-order valence-electron chi connectivity index (χ4n) is 9.78. The zero-order chi connectivity index (χ0) is 39.2. The third-order valence-electron chi connectivity index (χ3n) is 12.3. The number of allylic oxidation sites excluding steroid dienone is 1. The Morgan fingerprint density at radius 3 is 1.93 bits per heavy atom. The number of benzene rings is 8. The Labute approximate surface area is 341 Å². The molecule has 0 spiro atoms. The van der Waals surface area contributed by atoms with E-state index >= 15 is 0 Å². The standard InChI is InChI=1S/C55H39NO3/c1-33(2)50-40-17-6-7-18-41(40)52-44-32-35(38-20-12-21-42-39-16-8-10-23-46(39)58-54(38)42)28-31-48(44)59-55(52)51(50)34-26-29-37(30-27-34)56(36-14-4-3-5-15-36)45-22-13-25-49-53(45)43-19-9-11-24-47(43)57-49/h3-11,13-20,22-33H,12,21H2,1-2H3.